The zero-order valence-electron chi connectivity index (χ0n) is 9.69. The number of amides is 2. The molecular weight excluding hydrogens is 206 g/mol. The van der Waals surface area contributed by atoms with E-state index >= 15 is 0 Å². The predicted octanol–water partition coefficient (Wildman–Crippen LogP) is 0.675. The molecule has 0 saturated carbocycles. The summed E-state index contributed by atoms with van der Waals surface area (Å²) in [5.74, 6) is -0.272. The van der Waals surface area contributed by atoms with Crippen LogP contribution in [0.1, 0.15) is 26.7 Å². The summed E-state index contributed by atoms with van der Waals surface area (Å²) in [7, 11) is 0. The quantitative estimate of drug-likeness (QED) is 0.712. The van der Waals surface area contributed by atoms with E-state index in [1.807, 2.05) is 13.8 Å². The van der Waals surface area contributed by atoms with E-state index in [2.05, 4.69) is 17.1 Å². The Bertz CT molecular complexity index is 334. The van der Waals surface area contributed by atoms with Crippen LogP contribution >= 0.6 is 0 Å². The Morgan fingerprint density at radius 2 is 2.31 bits per heavy atom. The van der Waals surface area contributed by atoms with Gasteiger partial charge >= 0.3 is 0 Å². The Kier molecular flexibility index (Phi) is 4.22. The number of hydrogen-bond acceptors (Lipinski definition) is 3. The maximum atomic E-state index is 12.0. The minimum absolute atomic E-state index is 0.0887. The molecule has 88 valence electrons. The van der Waals surface area contributed by atoms with Gasteiger partial charge in [-0.1, -0.05) is 6.08 Å². The fraction of sp³-hybridized carbons (Fsp3) is 0.545. The third-order valence-corrected chi connectivity index (χ3v) is 2.36. The Morgan fingerprint density at radius 1 is 1.62 bits per heavy atom. The van der Waals surface area contributed by atoms with Crippen LogP contribution in [0.4, 0.5) is 0 Å². The second kappa shape index (κ2) is 5.44. The average molecular weight is 223 g/mol. The van der Waals surface area contributed by atoms with E-state index in [-0.39, 0.29) is 17.9 Å². The van der Waals surface area contributed by atoms with E-state index in [0.717, 1.165) is 0 Å². The monoisotopic (exact) mass is 223 g/mol. The van der Waals surface area contributed by atoms with Gasteiger partial charge in [0.15, 0.2) is 0 Å². The molecule has 0 unspecified atom stereocenters. The van der Waals surface area contributed by atoms with Gasteiger partial charge in [-0.3, -0.25) is 9.59 Å². The van der Waals surface area contributed by atoms with E-state index in [1.165, 1.54) is 0 Å². The summed E-state index contributed by atoms with van der Waals surface area (Å²) in [6.45, 7) is 7.98. The smallest absolute Gasteiger partial charge is 0.270 e. The molecular formula is C11H17N3O2. The lowest BCUT2D eigenvalue weighted by molar-refractivity contribution is -0.125. The Balaban J connectivity index is 2.74. The average Bonchev–Trinajstić information content (AvgIpc) is 2.25. The molecule has 0 aromatic carbocycles. The molecule has 0 aromatic rings. The second-order valence-corrected chi connectivity index (χ2v) is 3.93. The molecule has 0 spiro atoms. The van der Waals surface area contributed by atoms with Crippen molar-refractivity contribution in [2.24, 2.45) is 5.10 Å². The third kappa shape index (κ3) is 2.92. The molecule has 16 heavy (non-hydrogen) atoms. The lowest BCUT2D eigenvalue weighted by Gasteiger charge is -2.26. The molecule has 5 nitrogen and oxygen atoms in total. The first-order valence-corrected chi connectivity index (χ1v) is 5.33. The zero-order valence-corrected chi connectivity index (χ0v) is 9.69. The third-order valence-electron chi connectivity index (χ3n) is 2.36. The molecule has 1 aliphatic heterocycles. The largest absolute Gasteiger partial charge is 0.331 e. The van der Waals surface area contributed by atoms with Crippen LogP contribution < -0.4 is 5.43 Å². The van der Waals surface area contributed by atoms with Crippen LogP contribution in [0, 0.1) is 0 Å². The van der Waals surface area contributed by atoms with Gasteiger partial charge in [0, 0.05) is 25.4 Å². The molecule has 1 heterocycles. The number of hydrazone groups is 1. The molecule has 0 bridgehead atoms. The van der Waals surface area contributed by atoms with Gasteiger partial charge in [0.2, 0.25) is 5.91 Å². The van der Waals surface area contributed by atoms with Crippen molar-refractivity contribution < 1.29 is 9.59 Å². The van der Waals surface area contributed by atoms with Gasteiger partial charge in [0.25, 0.3) is 5.91 Å². The summed E-state index contributed by atoms with van der Waals surface area (Å²) in [6.07, 6.45) is 2.41. The molecule has 0 aliphatic carbocycles. The first kappa shape index (κ1) is 12.4. The number of hydrogen-bond donors (Lipinski definition) is 1. The number of nitrogens with zero attached hydrogens (tertiary/aromatic N) is 2. The second-order valence-electron chi connectivity index (χ2n) is 3.93. The van der Waals surface area contributed by atoms with Crippen molar-refractivity contribution in [3.63, 3.8) is 0 Å². The SMILES string of the molecule is C=CCN(C(=O)C1=NNC(=O)CC1)C(C)C. The van der Waals surface area contributed by atoms with Crippen molar-refractivity contribution in [2.75, 3.05) is 6.54 Å². The van der Waals surface area contributed by atoms with Crippen molar-refractivity contribution in [3.05, 3.63) is 12.7 Å². The minimum atomic E-state index is -0.142. The maximum Gasteiger partial charge on any atom is 0.270 e. The van der Waals surface area contributed by atoms with Crippen LogP contribution in [0.3, 0.4) is 0 Å². The van der Waals surface area contributed by atoms with Crippen LogP contribution in [0.2, 0.25) is 0 Å². The molecule has 0 atom stereocenters. The molecule has 0 aromatic heterocycles. The van der Waals surface area contributed by atoms with E-state index in [9.17, 15) is 9.59 Å². The number of nitrogens with one attached hydrogen (secondary N) is 1. The van der Waals surface area contributed by atoms with Gasteiger partial charge in [-0.05, 0) is 13.8 Å². The number of carbonyl (C=O) groups is 2. The Morgan fingerprint density at radius 3 is 2.75 bits per heavy atom. The van der Waals surface area contributed by atoms with Crippen LogP contribution in [0.25, 0.3) is 0 Å². The summed E-state index contributed by atoms with van der Waals surface area (Å²) in [5.41, 5.74) is 2.74. The summed E-state index contributed by atoms with van der Waals surface area (Å²) >= 11 is 0. The van der Waals surface area contributed by atoms with E-state index < -0.39 is 0 Å². The number of rotatable bonds is 4. The highest BCUT2D eigenvalue weighted by Gasteiger charge is 2.24. The van der Waals surface area contributed by atoms with Crippen molar-refractivity contribution in [3.8, 4) is 0 Å². The van der Waals surface area contributed by atoms with Gasteiger partial charge in [0.05, 0.1) is 0 Å². The van der Waals surface area contributed by atoms with Gasteiger partial charge in [0.1, 0.15) is 5.71 Å². The minimum Gasteiger partial charge on any atom is -0.331 e. The van der Waals surface area contributed by atoms with Crippen LogP contribution in [0.15, 0.2) is 17.8 Å². The summed E-state index contributed by atoms with van der Waals surface area (Å²) < 4.78 is 0. The van der Waals surface area contributed by atoms with Crippen molar-refractivity contribution in [1.82, 2.24) is 10.3 Å². The van der Waals surface area contributed by atoms with Gasteiger partial charge < -0.3 is 4.90 Å². The molecule has 0 saturated heterocycles. The molecule has 0 radical (unpaired) electrons. The highest BCUT2D eigenvalue weighted by molar-refractivity contribution is 6.39. The van der Waals surface area contributed by atoms with Crippen molar-refractivity contribution >= 4 is 17.5 Å². The fourth-order valence-corrected chi connectivity index (χ4v) is 1.46. The standard InChI is InChI=1S/C11H17N3O2/c1-4-7-14(8(2)3)11(16)9-5-6-10(15)13-12-9/h4,8H,1,5-7H2,2-3H3,(H,13,15). The normalized spacial score (nSPS) is 15.4. The number of carbonyl (C=O) groups excluding carboxylic acids is 2. The first-order chi connectivity index (χ1) is 7.56. The molecule has 1 rings (SSSR count). The van der Waals surface area contributed by atoms with Gasteiger partial charge in [-0.15, -0.1) is 6.58 Å². The highest BCUT2D eigenvalue weighted by atomic mass is 16.2. The molecule has 0 fully saturated rings. The van der Waals surface area contributed by atoms with Crippen molar-refractivity contribution in [1.29, 1.82) is 0 Å². The lowest BCUT2D eigenvalue weighted by Crippen LogP contribution is -2.43. The highest BCUT2D eigenvalue weighted by Crippen LogP contribution is 2.06. The van der Waals surface area contributed by atoms with E-state index in [1.54, 1.807) is 11.0 Å². The molecule has 5 heteroatoms. The fourth-order valence-electron chi connectivity index (χ4n) is 1.46. The maximum absolute atomic E-state index is 12.0. The van der Waals surface area contributed by atoms with E-state index in [4.69, 9.17) is 0 Å². The molecule has 1 aliphatic rings. The van der Waals surface area contributed by atoms with Gasteiger partial charge in [-0.25, -0.2) is 5.43 Å². The Labute approximate surface area is 95.2 Å². The summed E-state index contributed by atoms with van der Waals surface area (Å²) in [4.78, 5) is 24.6. The van der Waals surface area contributed by atoms with Crippen molar-refractivity contribution in [2.45, 2.75) is 32.7 Å². The first-order valence-electron chi connectivity index (χ1n) is 5.33. The molecule has 1 N–H and O–H groups in total. The van der Waals surface area contributed by atoms with Gasteiger partial charge in [-0.2, -0.15) is 5.10 Å². The predicted molar refractivity (Wildman–Crippen MR) is 61.9 cm³/mol. The Hall–Kier alpha value is -1.65. The van der Waals surface area contributed by atoms with Crippen LogP contribution in [0.5, 0.6) is 0 Å². The topological polar surface area (TPSA) is 61.8 Å². The van der Waals surface area contributed by atoms with Crippen LogP contribution in [-0.2, 0) is 9.59 Å². The molecule has 2 amide bonds. The zero-order chi connectivity index (χ0) is 12.1. The summed E-state index contributed by atoms with van der Waals surface area (Å²) in [5, 5.41) is 3.79. The lowest BCUT2D eigenvalue weighted by atomic mass is 10.1. The van der Waals surface area contributed by atoms with Crippen LogP contribution in [-0.4, -0.2) is 35.0 Å². The van der Waals surface area contributed by atoms with E-state index in [0.29, 0.717) is 25.1 Å². The summed E-state index contributed by atoms with van der Waals surface area (Å²) in [6, 6.07) is 0.0887.